The molecule has 1 aromatic heterocycles. The van der Waals surface area contributed by atoms with Crippen LogP contribution in [0.5, 0.6) is 11.5 Å². The van der Waals surface area contributed by atoms with Crippen LogP contribution < -0.4 is 10.1 Å². The molecule has 27 heavy (non-hydrogen) atoms. The Bertz CT molecular complexity index is 1020. The van der Waals surface area contributed by atoms with Crippen molar-refractivity contribution in [2.75, 3.05) is 0 Å². The van der Waals surface area contributed by atoms with E-state index >= 15 is 0 Å². The first-order chi connectivity index (χ1) is 13.0. The minimum atomic E-state index is -0.379. The third kappa shape index (κ3) is 3.75. The summed E-state index contributed by atoms with van der Waals surface area (Å²) in [6.45, 7) is 1.89. The lowest BCUT2D eigenvalue weighted by Crippen LogP contribution is -2.25. The molecule has 4 rings (SSSR count). The van der Waals surface area contributed by atoms with E-state index in [1.807, 2.05) is 31.2 Å². The van der Waals surface area contributed by atoms with Gasteiger partial charge in [-0.15, -0.1) is 0 Å². The molecule has 2 heterocycles. The molecule has 138 valence electrons. The van der Waals surface area contributed by atoms with Gasteiger partial charge in [0.15, 0.2) is 6.10 Å². The number of phenols is 1. The number of carbonyl (C=O) groups excluding carboxylic acids is 2. The number of hydrogen-bond donors (Lipinski definition) is 3. The second-order valence-corrected chi connectivity index (χ2v) is 7.49. The fraction of sp³-hybridized carbons (Fsp3) is 0.211. The number of nitrogens with one attached hydrogen (secondary N) is 2. The molecule has 3 aromatic rings. The lowest BCUT2D eigenvalue weighted by Gasteiger charge is -2.13. The predicted octanol–water partition coefficient (Wildman–Crippen LogP) is 3.30. The van der Waals surface area contributed by atoms with Crippen LogP contribution in [0, 0.1) is 0 Å². The molecule has 0 saturated carbocycles. The fourth-order valence-corrected chi connectivity index (χ4v) is 3.78. The van der Waals surface area contributed by atoms with Gasteiger partial charge < -0.3 is 14.8 Å². The molecule has 1 saturated heterocycles. The zero-order valence-electron chi connectivity index (χ0n) is 14.4. The third-order valence-corrected chi connectivity index (χ3v) is 5.27. The van der Waals surface area contributed by atoms with Gasteiger partial charge >= 0.3 is 0 Å². The summed E-state index contributed by atoms with van der Waals surface area (Å²) >= 11 is 1.02. The SMILES string of the molecule is CC(Oc1ccc(CC2SC(=O)NC2=O)cc1)c1nc2ccc(O)cc2[nH]1. The molecule has 8 heteroatoms. The van der Waals surface area contributed by atoms with Crippen LogP contribution in [0.3, 0.4) is 0 Å². The van der Waals surface area contributed by atoms with Crippen molar-refractivity contribution >= 4 is 33.9 Å². The van der Waals surface area contributed by atoms with Crippen LogP contribution in [0.2, 0.25) is 0 Å². The van der Waals surface area contributed by atoms with Crippen molar-refractivity contribution in [3.63, 3.8) is 0 Å². The minimum Gasteiger partial charge on any atom is -0.508 e. The first kappa shape index (κ1) is 17.4. The molecule has 0 spiro atoms. The second kappa shape index (κ2) is 6.96. The highest BCUT2D eigenvalue weighted by Crippen LogP contribution is 2.26. The smallest absolute Gasteiger partial charge is 0.286 e. The van der Waals surface area contributed by atoms with Gasteiger partial charge in [0.25, 0.3) is 5.24 Å². The topological polar surface area (TPSA) is 104 Å². The minimum absolute atomic E-state index is 0.178. The number of amides is 2. The van der Waals surface area contributed by atoms with E-state index in [-0.39, 0.29) is 28.2 Å². The third-order valence-electron chi connectivity index (χ3n) is 4.29. The van der Waals surface area contributed by atoms with Crippen molar-refractivity contribution in [3.8, 4) is 11.5 Å². The Kier molecular flexibility index (Phi) is 4.49. The largest absolute Gasteiger partial charge is 0.508 e. The standard InChI is InChI=1S/C19H17N3O4S/c1-10(17-20-14-7-4-12(23)9-15(14)21-17)26-13-5-2-11(3-6-13)8-16-18(24)22-19(25)27-16/h2-7,9-10,16,23H,8H2,1H3,(H,20,21)(H,22,24,25). The summed E-state index contributed by atoms with van der Waals surface area (Å²) in [6.07, 6.45) is 0.185. The van der Waals surface area contributed by atoms with E-state index in [1.165, 1.54) is 0 Å². The number of thioether (sulfide) groups is 1. The number of aromatic hydroxyl groups is 1. The number of H-pyrrole nitrogens is 1. The number of imide groups is 1. The molecule has 1 aliphatic rings. The van der Waals surface area contributed by atoms with Crippen molar-refractivity contribution in [2.45, 2.75) is 24.7 Å². The van der Waals surface area contributed by atoms with Crippen molar-refractivity contribution < 1.29 is 19.4 Å². The maximum atomic E-state index is 11.6. The Labute approximate surface area is 159 Å². The van der Waals surface area contributed by atoms with Gasteiger partial charge in [-0.25, -0.2) is 4.98 Å². The van der Waals surface area contributed by atoms with Crippen LogP contribution in [0.4, 0.5) is 4.79 Å². The Balaban J connectivity index is 1.42. The van der Waals surface area contributed by atoms with E-state index in [4.69, 9.17) is 4.74 Å². The van der Waals surface area contributed by atoms with Crippen LogP contribution in [0.25, 0.3) is 11.0 Å². The monoisotopic (exact) mass is 383 g/mol. The van der Waals surface area contributed by atoms with Gasteiger partial charge in [0.1, 0.15) is 17.3 Å². The number of ether oxygens (including phenoxy) is 1. The van der Waals surface area contributed by atoms with Crippen LogP contribution in [0.15, 0.2) is 42.5 Å². The van der Waals surface area contributed by atoms with E-state index in [0.717, 1.165) is 28.4 Å². The Hall–Kier alpha value is -3.00. The normalized spacial score (nSPS) is 17.9. The van der Waals surface area contributed by atoms with E-state index < -0.39 is 0 Å². The maximum Gasteiger partial charge on any atom is 0.286 e. The van der Waals surface area contributed by atoms with Crippen molar-refractivity contribution in [3.05, 3.63) is 53.9 Å². The average Bonchev–Trinajstić information content (AvgIpc) is 3.19. The molecule has 7 nitrogen and oxygen atoms in total. The molecule has 0 bridgehead atoms. The maximum absolute atomic E-state index is 11.6. The molecule has 0 aliphatic carbocycles. The van der Waals surface area contributed by atoms with Gasteiger partial charge in [0.2, 0.25) is 5.91 Å². The van der Waals surface area contributed by atoms with Crippen LogP contribution in [0.1, 0.15) is 24.4 Å². The van der Waals surface area contributed by atoms with Crippen molar-refractivity contribution in [1.82, 2.24) is 15.3 Å². The van der Waals surface area contributed by atoms with Crippen LogP contribution >= 0.6 is 11.8 Å². The van der Waals surface area contributed by atoms with E-state index in [2.05, 4.69) is 15.3 Å². The average molecular weight is 383 g/mol. The predicted molar refractivity (Wildman–Crippen MR) is 102 cm³/mol. The molecular formula is C19H17N3O4S. The summed E-state index contributed by atoms with van der Waals surface area (Å²) in [5, 5.41) is 11.2. The number of aromatic amines is 1. The summed E-state index contributed by atoms with van der Waals surface area (Å²) in [7, 11) is 0. The van der Waals surface area contributed by atoms with Gasteiger partial charge in [0, 0.05) is 6.07 Å². The summed E-state index contributed by atoms with van der Waals surface area (Å²) in [4.78, 5) is 30.5. The fourth-order valence-electron chi connectivity index (χ4n) is 2.92. The number of phenolic OH excluding ortho intramolecular Hbond substituents is 1. The lowest BCUT2D eigenvalue weighted by atomic mass is 10.1. The number of nitrogens with zero attached hydrogens (tertiary/aromatic N) is 1. The quantitative estimate of drug-likeness (QED) is 0.624. The molecule has 2 aromatic carbocycles. The lowest BCUT2D eigenvalue weighted by molar-refractivity contribution is -0.118. The molecule has 2 atom stereocenters. The molecule has 0 radical (unpaired) electrons. The highest BCUT2D eigenvalue weighted by Gasteiger charge is 2.31. The van der Waals surface area contributed by atoms with Gasteiger partial charge in [-0.05, 0) is 43.2 Å². The number of benzene rings is 2. The summed E-state index contributed by atoms with van der Waals surface area (Å²) in [6, 6.07) is 12.4. The highest BCUT2D eigenvalue weighted by atomic mass is 32.2. The first-order valence-corrected chi connectivity index (χ1v) is 9.31. The summed E-state index contributed by atoms with van der Waals surface area (Å²) in [5.41, 5.74) is 2.46. The van der Waals surface area contributed by atoms with E-state index in [9.17, 15) is 14.7 Å². The molecule has 2 amide bonds. The van der Waals surface area contributed by atoms with E-state index in [1.54, 1.807) is 18.2 Å². The number of carbonyl (C=O) groups is 2. The van der Waals surface area contributed by atoms with Crippen LogP contribution in [-0.2, 0) is 11.2 Å². The Morgan fingerprint density at radius 1 is 1.22 bits per heavy atom. The Morgan fingerprint density at radius 2 is 2.00 bits per heavy atom. The number of imidazole rings is 1. The molecule has 3 N–H and O–H groups in total. The van der Waals surface area contributed by atoms with Crippen LogP contribution in [-0.4, -0.2) is 31.5 Å². The summed E-state index contributed by atoms with van der Waals surface area (Å²) in [5.74, 6) is 1.28. The van der Waals surface area contributed by atoms with Crippen molar-refractivity contribution in [1.29, 1.82) is 0 Å². The molecular weight excluding hydrogens is 366 g/mol. The van der Waals surface area contributed by atoms with Gasteiger partial charge in [-0.1, -0.05) is 23.9 Å². The molecule has 1 fully saturated rings. The van der Waals surface area contributed by atoms with Gasteiger partial charge in [-0.3, -0.25) is 14.9 Å². The van der Waals surface area contributed by atoms with Crippen molar-refractivity contribution in [2.24, 2.45) is 0 Å². The number of hydrogen-bond acceptors (Lipinski definition) is 6. The number of aromatic nitrogens is 2. The van der Waals surface area contributed by atoms with E-state index in [0.29, 0.717) is 18.0 Å². The Morgan fingerprint density at radius 3 is 2.70 bits per heavy atom. The number of rotatable bonds is 5. The zero-order valence-corrected chi connectivity index (χ0v) is 15.2. The summed E-state index contributed by atoms with van der Waals surface area (Å²) < 4.78 is 5.93. The van der Waals surface area contributed by atoms with Gasteiger partial charge in [0.05, 0.1) is 16.3 Å². The second-order valence-electron chi connectivity index (χ2n) is 6.31. The highest BCUT2D eigenvalue weighted by molar-refractivity contribution is 8.15. The molecule has 1 aliphatic heterocycles. The number of fused-ring (bicyclic) bond motifs is 1. The zero-order chi connectivity index (χ0) is 19.0. The first-order valence-electron chi connectivity index (χ1n) is 8.43. The molecule has 2 unspecified atom stereocenters. The van der Waals surface area contributed by atoms with Gasteiger partial charge in [-0.2, -0.15) is 0 Å².